The summed E-state index contributed by atoms with van der Waals surface area (Å²) in [7, 11) is 0. The molecule has 3 amide bonds. The predicted octanol–water partition coefficient (Wildman–Crippen LogP) is 1.63. The Hall–Kier alpha value is -2.89. The van der Waals surface area contributed by atoms with Gasteiger partial charge in [0, 0.05) is 12.1 Å². The van der Waals surface area contributed by atoms with Crippen LogP contribution in [0.3, 0.4) is 0 Å². The second-order valence-corrected chi connectivity index (χ2v) is 6.86. The Morgan fingerprint density at radius 3 is 2.69 bits per heavy atom. The summed E-state index contributed by atoms with van der Waals surface area (Å²) in [5.41, 5.74) is 11.9. The molecule has 26 heavy (non-hydrogen) atoms. The Labute approximate surface area is 154 Å². The molecule has 1 aliphatic rings. The van der Waals surface area contributed by atoms with Gasteiger partial charge in [0.25, 0.3) is 5.91 Å². The third kappa shape index (κ3) is 3.85. The van der Waals surface area contributed by atoms with Crippen LogP contribution in [0, 0.1) is 17.7 Å². The van der Waals surface area contributed by atoms with Gasteiger partial charge in [0.1, 0.15) is 10.7 Å². The summed E-state index contributed by atoms with van der Waals surface area (Å²) in [4.78, 5) is 26.0. The number of benzene rings is 1. The van der Waals surface area contributed by atoms with Gasteiger partial charge in [0.05, 0.1) is 16.6 Å². The van der Waals surface area contributed by atoms with Crippen LogP contribution in [-0.4, -0.2) is 31.1 Å². The van der Waals surface area contributed by atoms with Crippen molar-refractivity contribution in [3.05, 3.63) is 51.5 Å². The first-order valence-corrected chi connectivity index (χ1v) is 8.78. The quantitative estimate of drug-likeness (QED) is 0.714. The lowest BCUT2D eigenvalue weighted by Crippen LogP contribution is -2.45. The highest BCUT2D eigenvalue weighted by atomic mass is 32.1. The lowest BCUT2D eigenvalue weighted by Gasteiger charge is -2.26. The molecule has 1 saturated heterocycles. The highest BCUT2D eigenvalue weighted by Crippen LogP contribution is 2.32. The number of thiophene rings is 1. The van der Waals surface area contributed by atoms with Crippen molar-refractivity contribution < 1.29 is 14.0 Å². The van der Waals surface area contributed by atoms with Gasteiger partial charge in [-0.15, -0.1) is 11.3 Å². The number of hydrogen-bond acceptors (Lipinski definition) is 4. The van der Waals surface area contributed by atoms with Crippen molar-refractivity contribution in [3.63, 3.8) is 0 Å². The van der Waals surface area contributed by atoms with Gasteiger partial charge < -0.3 is 16.8 Å². The van der Waals surface area contributed by atoms with Crippen molar-refractivity contribution in [1.29, 1.82) is 0 Å². The molecule has 134 valence electrons. The number of rotatable bonds is 3. The fraction of sp³-hybridized carbons (Fsp3) is 0.222. The van der Waals surface area contributed by atoms with Gasteiger partial charge in [-0.3, -0.25) is 9.69 Å². The van der Waals surface area contributed by atoms with Crippen LogP contribution in [0.5, 0.6) is 0 Å². The van der Waals surface area contributed by atoms with Crippen molar-refractivity contribution in [2.24, 2.45) is 11.5 Å². The molecule has 1 aliphatic heterocycles. The van der Waals surface area contributed by atoms with Crippen molar-refractivity contribution in [3.8, 4) is 11.8 Å². The Bertz CT molecular complexity index is 909. The van der Waals surface area contributed by atoms with E-state index in [-0.39, 0.29) is 16.7 Å². The maximum atomic E-state index is 13.2. The van der Waals surface area contributed by atoms with Gasteiger partial charge >= 0.3 is 6.03 Å². The van der Waals surface area contributed by atoms with Crippen LogP contribution in [0.25, 0.3) is 0 Å². The molecule has 1 atom stereocenters. The number of hydrogen-bond donors (Lipinski definition) is 3. The van der Waals surface area contributed by atoms with Crippen LogP contribution in [0.4, 0.5) is 14.9 Å². The number of halogens is 1. The molecular weight excluding hydrogens is 355 g/mol. The monoisotopic (exact) mass is 372 g/mol. The van der Waals surface area contributed by atoms with E-state index in [0.717, 1.165) is 24.3 Å². The van der Waals surface area contributed by atoms with Crippen molar-refractivity contribution in [2.45, 2.75) is 12.5 Å². The fourth-order valence-electron chi connectivity index (χ4n) is 2.85. The van der Waals surface area contributed by atoms with E-state index in [4.69, 9.17) is 11.5 Å². The number of urea groups is 1. The molecule has 0 radical (unpaired) electrons. The van der Waals surface area contributed by atoms with Crippen molar-refractivity contribution in [2.75, 3.05) is 18.0 Å². The molecule has 5 N–H and O–H groups in total. The molecular formula is C18H17FN4O2S. The minimum absolute atomic E-state index is 0.149. The van der Waals surface area contributed by atoms with Gasteiger partial charge in [0.15, 0.2) is 0 Å². The largest absolute Gasteiger partial charge is 0.365 e. The summed E-state index contributed by atoms with van der Waals surface area (Å²) in [6.07, 6.45) is 0.724. The molecule has 1 aromatic carbocycles. The molecule has 0 spiro atoms. The zero-order valence-corrected chi connectivity index (χ0v) is 14.6. The summed E-state index contributed by atoms with van der Waals surface area (Å²) in [6.45, 7) is 1.35. The number of anilines is 1. The third-order valence-electron chi connectivity index (χ3n) is 3.99. The molecule has 0 saturated carbocycles. The van der Waals surface area contributed by atoms with E-state index in [1.807, 2.05) is 0 Å². The van der Waals surface area contributed by atoms with Crippen LogP contribution >= 0.6 is 11.3 Å². The molecule has 0 aliphatic carbocycles. The van der Waals surface area contributed by atoms with Crippen LogP contribution in [0.15, 0.2) is 30.3 Å². The Kier molecular flexibility index (Phi) is 5.21. The van der Waals surface area contributed by atoms with Crippen molar-refractivity contribution >= 4 is 29.0 Å². The minimum atomic E-state index is -0.652. The van der Waals surface area contributed by atoms with Gasteiger partial charge in [-0.1, -0.05) is 17.9 Å². The van der Waals surface area contributed by atoms with E-state index in [0.29, 0.717) is 22.7 Å². The summed E-state index contributed by atoms with van der Waals surface area (Å²) in [5, 5.41) is 3.16. The van der Waals surface area contributed by atoms with E-state index in [1.165, 1.54) is 17.0 Å². The van der Waals surface area contributed by atoms with Crippen LogP contribution in [0.1, 0.15) is 26.5 Å². The molecule has 2 heterocycles. The maximum Gasteiger partial charge on any atom is 0.319 e. The van der Waals surface area contributed by atoms with E-state index in [2.05, 4.69) is 17.2 Å². The molecule has 8 heteroatoms. The topological polar surface area (TPSA) is 101 Å². The zero-order valence-electron chi connectivity index (χ0n) is 13.8. The van der Waals surface area contributed by atoms with Crippen molar-refractivity contribution in [1.82, 2.24) is 5.32 Å². The number of carbonyl (C=O) groups excluding carboxylic acids is 2. The highest BCUT2D eigenvalue weighted by molar-refractivity contribution is 7.15. The first-order chi connectivity index (χ1) is 12.5. The first kappa shape index (κ1) is 17.9. The second kappa shape index (κ2) is 7.56. The fourth-order valence-corrected chi connectivity index (χ4v) is 3.71. The molecule has 0 bridgehead atoms. The van der Waals surface area contributed by atoms with Crippen LogP contribution in [-0.2, 0) is 0 Å². The number of amides is 3. The summed E-state index contributed by atoms with van der Waals surface area (Å²) in [5.74, 6) is 4.70. The molecule has 2 aromatic rings. The number of primary amides is 2. The van der Waals surface area contributed by atoms with Gasteiger partial charge in [0.2, 0.25) is 0 Å². The lowest BCUT2D eigenvalue weighted by atomic mass is 10.2. The lowest BCUT2D eigenvalue weighted by molar-refractivity contribution is 0.100. The second-order valence-electron chi connectivity index (χ2n) is 5.80. The molecule has 1 fully saturated rings. The SMILES string of the molecule is NC(=O)c1sc(C#Cc2cccc(F)c2)cc1N(C(N)=O)C1CCNC1. The highest BCUT2D eigenvalue weighted by Gasteiger charge is 2.30. The summed E-state index contributed by atoms with van der Waals surface area (Å²) < 4.78 is 13.2. The van der Waals surface area contributed by atoms with E-state index >= 15 is 0 Å². The number of nitrogens with one attached hydrogen (secondary N) is 1. The normalized spacial score (nSPS) is 16.0. The van der Waals surface area contributed by atoms with E-state index in [1.54, 1.807) is 18.2 Å². The van der Waals surface area contributed by atoms with E-state index in [9.17, 15) is 14.0 Å². The number of carbonyl (C=O) groups is 2. The maximum absolute atomic E-state index is 13.2. The number of nitrogens with zero attached hydrogens (tertiary/aromatic N) is 1. The Balaban J connectivity index is 1.98. The summed E-state index contributed by atoms with van der Waals surface area (Å²) >= 11 is 1.08. The molecule has 1 aromatic heterocycles. The molecule has 3 rings (SSSR count). The average Bonchev–Trinajstić information content (AvgIpc) is 3.23. The zero-order chi connectivity index (χ0) is 18.7. The van der Waals surface area contributed by atoms with Gasteiger partial charge in [-0.05, 0) is 37.2 Å². The van der Waals surface area contributed by atoms with Gasteiger partial charge in [-0.2, -0.15) is 0 Å². The predicted molar refractivity (Wildman–Crippen MR) is 98.6 cm³/mol. The standard InChI is InChI=1S/C18H17FN4O2S/c19-12-3-1-2-11(8-12)4-5-14-9-15(16(26-14)17(20)24)23(18(21)25)13-6-7-22-10-13/h1-3,8-9,13,22H,6-7,10H2,(H2,20,24)(H2,21,25). The minimum Gasteiger partial charge on any atom is -0.365 e. The third-order valence-corrected chi connectivity index (χ3v) is 5.04. The molecule has 6 nitrogen and oxygen atoms in total. The Morgan fingerprint density at radius 2 is 2.08 bits per heavy atom. The average molecular weight is 372 g/mol. The Morgan fingerprint density at radius 1 is 1.27 bits per heavy atom. The van der Waals surface area contributed by atoms with Crippen LogP contribution in [0.2, 0.25) is 0 Å². The van der Waals surface area contributed by atoms with E-state index < -0.39 is 11.9 Å². The van der Waals surface area contributed by atoms with Gasteiger partial charge in [-0.25, -0.2) is 9.18 Å². The smallest absolute Gasteiger partial charge is 0.319 e. The molecule has 1 unspecified atom stereocenters. The first-order valence-electron chi connectivity index (χ1n) is 7.96. The number of nitrogens with two attached hydrogens (primary N) is 2. The summed E-state index contributed by atoms with van der Waals surface area (Å²) in [6, 6.07) is 6.72. The van der Waals surface area contributed by atoms with Crippen LogP contribution < -0.4 is 21.7 Å².